The van der Waals surface area contributed by atoms with Crippen LogP contribution in [-0.2, 0) is 0 Å². The molecule has 0 heterocycles. The standard InChI is InChI=1S/C17H18N2OS/c1-13-6-5-7-14(12-13)17(20)19(11-10-16(18)21)15-8-3-2-4-9-15/h2-9,12H,10-11H2,1H3,(H2,18,21). The van der Waals surface area contributed by atoms with Crippen LogP contribution in [0.3, 0.4) is 0 Å². The van der Waals surface area contributed by atoms with Crippen LogP contribution in [0.15, 0.2) is 54.6 Å². The molecule has 108 valence electrons. The maximum Gasteiger partial charge on any atom is 0.258 e. The number of hydrogen-bond acceptors (Lipinski definition) is 2. The minimum atomic E-state index is -0.0406. The molecule has 21 heavy (non-hydrogen) atoms. The molecule has 0 aromatic heterocycles. The molecule has 0 aliphatic heterocycles. The highest BCUT2D eigenvalue weighted by Crippen LogP contribution is 2.18. The van der Waals surface area contributed by atoms with Gasteiger partial charge < -0.3 is 10.6 Å². The van der Waals surface area contributed by atoms with Crippen LogP contribution in [0.25, 0.3) is 0 Å². The van der Waals surface area contributed by atoms with E-state index in [4.69, 9.17) is 18.0 Å². The van der Waals surface area contributed by atoms with Gasteiger partial charge in [0.05, 0.1) is 4.99 Å². The second kappa shape index (κ2) is 6.99. The summed E-state index contributed by atoms with van der Waals surface area (Å²) in [4.78, 5) is 14.9. The van der Waals surface area contributed by atoms with Gasteiger partial charge in [0.1, 0.15) is 0 Å². The second-order valence-electron chi connectivity index (χ2n) is 4.88. The lowest BCUT2D eigenvalue weighted by atomic mass is 10.1. The third kappa shape index (κ3) is 4.13. The fraction of sp³-hybridized carbons (Fsp3) is 0.176. The third-order valence-corrected chi connectivity index (χ3v) is 3.36. The Balaban J connectivity index is 2.30. The van der Waals surface area contributed by atoms with E-state index in [1.165, 1.54) is 0 Å². The van der Waals surface area contributed by atoms with Crippen LogP contribution < -0.4 is 10.6 Å². The predicted octanol–water partition coefficient (Wildman–Crippen LogP) is 3.32. The highest BCUT2D eigenvalue weighted by atomic mass is 32.1. The Morgan fingerprint density at radius 2 is 1.86 bits per heavy atom. The average molecular weight is 298 g/mol. The van der Waals surface area contributed by atoms with Gasteiger partial charge in [-0.05, 0) is 31.2 Å². The molecular formula is C17H18N2OS. The maximum absolute atomic E-state index is 12.8. The molecule has 0 radical (unpaired) electrons. The lowest BCUT2D eigenvalue weighted by molar-refractivity contribution is 0.0987. The molecule has 2 N–H and O–H groups in total. The van der Waals surface area contributed by atoms with Gasteiger partial charge in [-0.15, -0.1) is 0 Å². The molecule has 0 fully saturated rings. The van der Waals surface area contributed by atoms with Gasteiger partial charge >= 0.3 is 0 Å². The Labute approximate surface area is 130 Å². The first-order chi connectivity index (χ1) is 10.1. The van der Waals surface area contributed by atoms with E-state index in [2.05, 4.69) is 0 Å². The minimum absolute atomic E-state index is 0.0406. The maximum atomic E-state index is 12.8. The van der Waals surface area contributed by atoms with Gasteiger partial charge in [-0.2, -0.15) is 0 Å². The first-order valence-corrected chi connectivity index (χ1v) is 7.20. The lowest BCUT2D eigenvalue weighted by Gasteiger charge is -2.23. The molecule has 0 unspecified atom stereocenters. The summed E-state index contributed by atoms with van der Waals surface area (Å²) in [6.45, 7) is 2.45. The van der Waals surface area contributed by atoms with E-state index in [9.17, 15) is 4.79 Å². The van der Waals surface area contributed by atoms with Gasteiger partial charge in [-0.25, -0.2) is 0 Å². The first-order valence-electron chi connectivity index (χ1n) is 6.80. The Kier molecular flexibility index (Phi) is 5.06. The van der Waals surface area contributed by atoms with Crippen LogP contribution in [0.4, 0.5) is 5.69 Å². The summed E-state index contributed by atoms with van der Waals surface area (Å²) in [6.07, 6.45) is 0.502. The number of para-hydroxylation sites is 1. The Morgan fingerprint density at radius 1 is 1.14 bits per heavy atom. The predicted molar refractivity (Wildman–Crippen MR) is 90.7 cm³/mol. The number of benzene rings is 2. The Hall–Kier alpha value is -2.20. The van der Waals surface area contributed by atoms with Gasteiger partial charge in [0, 0.05) is 24.2 Å². The van der Waals surface area contributed by atoms with Crippen molar-refractivity contribution in [1.82, 2.24) is 0 Å². The molecule has 0 saturated carbocycles. The van der Waals surface area contributed by atoms with E-state index in [0.29, 0.717) is 23.5 Å². The molecule has 0 bridgehead atoms. The fourth-order valence-corrected chi connectivity index (χ4v) is 2.20. The van der Waals surface area contributed by atoms with Crippen molar-refractivity contribution in [2.24, 2.45) is 5.73 Å². The summed E-state index contributed by atoms with van der Waals surface area (Å²) in [5, 5.41) is 0. The van der Waals surface area contributed by atoms with Crippen LogP contribution in [0.5, 0.6) is 0 Å². The molecule has 0 atom stereocenters. The van der Waals surface area contributed by atoms with Crippen molar-refractivity contribution < 1.29 is 4.79 Å². The highest BCUT2D eigenvalue weighted by molar-refractivity contribution is 7.80. The third-order valence-electron chi connectivity index (χ3n) is 3.16. The number of amides is 1. The van der Waals surface area contributed by atoms with Crippen LogP contribution in [0.1, 0.15) is 22.3 Å². The SMILES string of the molecule is Cc1cccc(C(=O)N(CCC(N)=S)c2ccccc2)c1. The van der Waals surface area contributed by atoms with Gasteiger partial charge in [0.25, 0.3) is 5.91 Å². The second-order valence-corrected chi connectivity index (χ2v) is 5.40. The minimum Gasteiger partial charge on any atom is -0.393 e. The monoisotopic (exact) mass is 298 g/mol. The number of nitrogens with two attached hydrogens (primary N) is 1. The molecule has 0 spiro atoms. The van der Waals surface area contributed by atoms with Crippen LogP contribution in [0, 0.1) is 6.92 Å². The lowest BCUT2D eigenvalue weighted by Crippen LogP contribution is -2.33. The Bertz CT molecular complexity index is 640. The summed E-state index contributed by atoms with van der Waals surface area (Å²) in [7, 11) is 0. The topological polar surface area (TPSA) is 46.3 Å². The van der Waals surface area contributed by atoms with Crippen molar-refractivity contribution in [3.05, 3.63) is 65.7 Å². The van der Waals surface area contributed by atoms with E-state index < -0.39 is 0 Å². The molecule has 0 saturated heterocycles. The van der Waals surface area contributed by atoms with Gasteiger partial charge in [0.15, 0.2) is 0 Å². The van der Waals surface area contributed by atoms with E-state index in [0.717, 1.165) is 11.3 Å². The smallest absolute Gasteiger partial charge is 0.258 e. The molecule has 0 aliphatic carbocycles. The van der Waals surface area contributed by atoms with E-state index in [-0.39, 0.29) is 5.91 Å². The van der Waals surface area contributed by atoms with E-state index in [1.54, 1.807) is 4.90 Å². The quantitative estimate of drug-likeness (QED) is 0.861. The summed E-state index contributed by atoms with van der Waals surface area (Å²) in [6, 6.07) is 17.1. The largest absolute Gasteiger partial charge is 0.393 e. The Morgan fingerprint density at radius 3 is 2.48 bits per heavy atom. The van der Waals surface area contributed by atoms with E-state index >= 15 is 0 Å². The normalized spacial score (nSPS) is 10.1. The summed E-state index contributed by atoms with van der Waals surface area (Å²) >= 11 is 4.93. The van der Waals surface area contributed by atoms with E-state index in [1.807, 2.05) is 61.5 Å². The number of carbonyl (C=O) groups is 1. The number of thiocarbonyl (C=S) groups is 1. The van der Waals surface area contributed by atoms with Crippen molar-refractivity contribution in [2.75, 3.05) is 11.4 Å². The fourth-order valence-electron chi connectivity index (χ4n) is 2.11. The van der Waals surface area contributed by atoms with Crippen molar-refractivity contribution >= 4 is 28.8 Å². The molecule has 1 amide bonds. The van der Waals surface area contributed by atoms with Crippen LogP contribution in [0.2, 0.25) is 0 Å². The van der Waals surface area contributed by atoms with Crippen molar-refractivity contribution in [3.63, 3.8) is 0 Å². The van der Waals surface area contributed by atoms with Crippen LogP contribution in [-0.4, -0.2) is 17.4 Å². The van der Waals surface area contributed by atoms with Gasteiger partial charge in [-0.3, -0.25) is 4.79 Å². The van der Waals surface area contributed by atoms with Crippen molar-refractivity contribution in [3.8, 4) is 0 Å². The molecule has 2 aromatic carbocycles. The molecule has 0 aliphatic rings. The van der Waals surface area contributed by atoms with Gasteiger partial charge in [0.2, 0.25) is 0 Å². The summed E-state index contributed by atoms with van der Waals surface area (Å²) in [5.41, 5.74) is 8.15. The number of nitrogens with zero attached hydrogens (tertiary/aromatic N) is 1. The van der Waals surface area contributed by atoms with Gasteiger partial charge in [-0.1, -0.05) is 48.1 Å². The average Bonchev–Trinajstić information content (AvgIpc) is 2.48. The number of anilines is 1. The summed E-state index contributed by atoms with van der Waals surface area (Å²) in [5.74, 6) is -0.0406. The summed E-state index contributed by atoms with van der Waals surface area (Å²) < 4.78 is 0. The molecule has 2 aromatic rings. The van der Waals surface area contributed by atoms with Crippen molar-refractivity contribution in [2.45, 2.75) is 13.3 Å². The zero-order valence-corrected chi connectivity index (χ0v) is 12.8. The number of hydrogen-bond donors (Lipinski definition) is 1. The zero-order chi connectivity index (χ0) is 15.2. The van der Waals surface area contributed by atoms with Crippen LogP contribution >= 0.6 is 12.2 Å². The number of carbonyl (C=O) groups excluding carboxylic acids is 1. The number of rotatable bonds is 5. The number of aryl methyl sites for hydroxylation is 1. The highest BCUT2D eigenvalue weighted by Gasteiger charge is 2.17. The molecule has 3 nitrogen and oxygen atoms in total. The molecular weight excluding hydrogens is 280 g/mol. The zero-order valence-electron chi connectivity index (χ0n) is 12.0. The molecule has 2 rings (SSSR count). The first kappa shape index (κ1) is 15.2. The molecule has 4 heteroatoms. The van der Waals surface area contributed by atoms with Crippen molar-refractivity contribution in [1.29, 1.82) is 0 Å².